The summed E-state index contributed by atoms with van der Waals surface area (Å²) in [5, 5.41) is 9.48. The van der Waals surface area contributed by atoms with Gasteiger partial charge in [-0.3, -0.25) is 0 Å². The number of hydrogen-bond acceptors (Lipinski definition) is 2. The monoisotopic (exact) mass is 255 g/mol. The van der Waals surface area contributed by atoms with Crippen molar-refractivity contribution in [2.75, 3.05) is 26.7 Å². The number of aliphatic hydroxyl groups is 1. The molecule has 1 N–H and O–H groups in total. The van der Waals surface area contributed by atoms with Crippen molar-refractivity contribution >= 4 is 11.6 Å². The third kappa shape index (κ3) is 6.67. The van der Waals surface area contributed by atoms with Crippen molar-refractivity contribution in [2.45, 2.75) is 25.7 Å². The molecule has 0 aliphatic heterocycles. The molecule has 1 aromatic carbocycles. The molecule has 0 aliphatic carbocycles. The van der Waals surface area contributed by atoms with Crippen LogP contribution in [0.2, 0.25) is 5.02 Å². The summed E-state index contributed by atoms with van der Waals surface area (Å²) in [6.45, 7) is 2.49. The Bertz CT molecular complexity index is 300. The van der Waals surface area contributed by atoms with E-state index in [1.807, 2.05) is 12.1 Å². The highest BCUT2D eigenvalue weighted by atomic mass is 35.5. The molecule has 2 nitrogen and oxygen atoms in total. The molecule has 0 saturated carbocycles. The maximum Gasteiger partial charge on any atom is 0.0431 e. The van der Waals surface area contributed by atoms with Crippen molar-refractivity contribution in [3.8, 4) is 0 Å². The zero-order valence-corrected chi connectivity index (χ0v) is 11.3. The van der Waals surface area contributed by atoms with Gasteiger partial charge >= 0.3 is 0 Å². The van der Waals surface area contributed by atoms with E-state index in [9.17, 15) is 0 Å². The molecule has 0 unspecified atom stereocenters. The molecule has 1 rings (SSSR count). The minimum atomic E-state index is 0.314. The van der Waals surface area contributed by atoms with E-state index in [4.69, 9.17) is 16.7 Å². The first-order chi connectivity index (χ1) is 8.22. The number of rotatable bonds is 8. The molecule has 3 heteroatoms. The van der Waals surface area contributed by atoms with E-state index in [1.165, 1.54) is 5.56 Å². The first-order valence-electron chi connectivity index (χ1n) is 6.26. The van der Waals surface area contributed by atoms with E-state index in [0.29, 0.717) is 6.61 Å². The summed E-state index contributed by atoms with van der Waals surface area (Å²) in [5.41, 5.74) is 1.33. The number of likely N-dealkylation sites (N-methyl/N-ethyl adjacent to an activating group) is 1. The molecule has 1 aromatic rings. The number of halogens is 1. The quantitative estimate of drug-likeness (QED) is 0.722. The summed E-state index contributed by atoms with van der Waals surface area (Å²) >= 11 is 5.84. The summed E-state index contributed by atoms with van der Waals surface area (Å²) in [6.07, 6.45) is 4.26. The second-order valence-electron chi connectivity index (χ2n) is 4.46. The van der Waals surface area contributed by atoms with Crippen LogP contribution in [0.25, 0.3) is 0 Å². The lowest BCUT2D eigenvalue weighted by Gasteiger charge is -2.16. The third-order valence-electron chi connectivity index (χ3n) is 2.89. The van der Waals surface area contributed by atoms with Crippen molar-refractivity contribution in [1.29, 1.82) is 0 Å². The molecule has 0 aromatic heterocycles. The van der Waals surface area contributed by atoms with Gasteiger partial charge in [0, 0.05) is 18.2 Å². The maximum atomic E-state index is 8.68. The first kappa shape index (κ1) is 14.5. The lowest BCUT2D eigenvalue weighted by molar-refractivity contribution is 0.273. The molecule has 0 radical (unpaired) electrons. The Morgan fingerprint density at radius 2 is 1.76 bits per heavy atom. The van der Waals surface area contributed by atoms with Crippen LogP contribution in [0.4, 0.5) is 0 Å². The highest BCUT2D eigenvalue weighted by Crippen LogP contribution is 2.10. The zero-order chi connectivity index (χ0) is 12.5. The predicted octanol–water partition coefficient (Wildman–Crippen LogP) is 2.98. The van der Waals surface area contributed by atoms with Gasteiger partial charge in [0.2, 0.25) is 0 Å². The van der Waals surface area contributed by atoms with Crippen molar-refractivity contribution in [3.05, 3.63) is 34.9 Å². The molecule has 0 bridgehead atoms. The van der Waals surface area contributed by atoms with Crippen molar-refractivity contribution in [1.82, 2.24) is 4.90 Å². The van der Waals surface area contributed by atoms with Gasteiger partial charge in [0.05, 0.1) is 0 Å². The van der Waals surface area contributed by atoms with Gasteiger partial charge in [0.15, 0.2) is 0 Å². The van der Waals surface area contributed by atoms with Gasteiger partial charge < -0.3 is 10.0 Å². The number of hydrogen-bond donors (Lipinski definition) is 1. The highest BCUT2D eigenvalue weighted by Gasteiger charge is 1.99. The smallest absolute Gasteiger partial charge is 0.0431 e. The molecule has 0 saturated heterocycles. The molecule has 0 heterocycles. The largest absolute Gasteiger partial charge is 0.396 e. The van der Waals surface area contributed by atoms with Gasteiger partial charge in [-0.25, -0.2) is 0 Å². The fourth-order valence-electron chi connectivity index (χ4n) is 1.75. The van der Waals surface area contributed by atoms with E-state index in [-0.39, 0.29) is 0 Å². The molecular weight excluding hydrogens is 234 g/mol. The fraction of sp³-hybridized carbons (Fsp3) is 0.571. The average Bonchev–Trinajstić information content (AvgIpc) is 2.34. The predicted molar refractivity (Wildman–Crippen MR) is 73.6 cm³/mol. The molecule has 96 valence electrons. The summed E-state index contributed by atoms with van der Waals surface area (Å²) in [5.74, 6) is 0. The zero-order valence-electron chi connectivity index (χ0n) is 10.5. The van der Waals surface area contributed by atoms with Crippen LogP contribution in [0.15, 0.2) is 24.3 Å². The van der Waals surface area contributed by atoms with Crippen LogP contribution in [0.1, 0.15) is 24.8 Å². The van der Waals surface area contributed by atoms with Gasteiger partial charge in [0.1, 0.15) is 0 Å². The van der Waals surface area contributed by atoms with E-state index in [0.717, 1.165) is 43.8 Å². The number of unbranched alkanes of at least 4 members (excludes halogenated alkanes) is 2. The van der Waals surface area contributed by atoms with Gasteiger partial charge in [-0.15, -0.1) is 0 Å². The minimum Gasteiger partial charge on any atom is -0.396 e. The second-order valence-corrected chi connectivity index (χ2v) is 4.90. The van der Waals surface area contributed by atoms with E-state index < -0.39 is 0 Å². The van der Waals surface area contributed by atoms with Crippen LogP contribution < -0.4 is 0 Å². The van der Waals surface area contributed by atoms with Crippen LogP contribution in [-0.4, -0.2) is 36.8 Å². The molecular formula is C14H22ClNO. The second kappa shape index (κ2) is 8.51. The Kier molecular flexibility index (Phi) is 7.25. The standard InChI is InChI=1S/C14H22ClNO/c1-16(10-3-2-4-12-17)11-9-13-5-7-14(15)8-6-13/h5-8,17H,2-4,9-12H2,1H3. The van der Waals surface area contributed by atoms with Crippen LogP contribution >= 0.6 is 11.6 Å². The molecule has 0 atom stereocenters. The molecule has 0 amide bonds. The minimum absolute atomic E-state index is 0.314. The summed E-state index contributed by atoms with van der Waals surface area (Å²) in [7, 11) is 2.15. The van der Waals surface area contributed by atoms with Gasteiger partial charge in [0.25, 0.3) is 0 Å². The molecule has 0 fully saturated rings. The first-order valence-corrected chi connectivity index (χ1v) is 6.64. The maximum absolute atomic E-state index is 8.68. The van der Waals surface area contributed by atoms with Crippen LogP contribution in [0.5, 0.6) is 0 Å². The van der Waals surface area contributed by atoms with Crippen LogP contribution in [0.3, 0.4) is 0 Å². The van der Waals surface area contributed by atoms with Crippen LogP contribution in [-0.2, 0) is 6.42 Å². The lowest BCUT2D eigenvalue weighted by Crippen LogP contribution is -2.22. The normalized spacial score (nSPS) is 11.1. The van der Waals surface area contributed by atoms with Gasteiger partial charge in [-0.2, -0.15) is 0 Å². The van der Waals surface area contributed by atoms with E-state index >= 15 is 0 Å². The Morgan fingerprint density at radius 3 is 2.41 bits per heavy atom. The number of benzene rings is 1. The van der Waals surface area contributed by atoms with Crippen LogP contribution in [0, 0.1) is 0 Å². The van der Waals surface area contributed by atoms with Crippen molar-refractivity contribution in [2.24, 2.45) is 0 Å². The Hall–Kier alpha value is -0.570. The average molecular weight is 256 g/mol. The fourth-order valence-corrected chi connectivity index (χ4v) is 1.88. The van der Waals surface area contributed by atoms with E-state index in [1.54, 1.807) is 0 Å². The third-order valence-corrected chi connectivity index (χ3v) is 3.15. The molecule has 0 aliphatic rings. The molecule has 17 heavy (non-hydrogen) atoms. The highest BCUT2D eigenvalue weighted by molar-refractivity contribution is 6.30. The Balaban J connectivity index is 2.14. The topological polar surface area (TPSA) is 23.5 Å². The lowest BCUT2D eigenvalue weighted by atomic mass is 10.1. The molecule has 0 spiro atoms. The van der Waals surface area contributed by atoms with Crippen molar-refractivity contribution < 1.29 is 5.11 Å². The summed E-state index contributed by atoms with van der Waals surface area (Å²) in [6, 6.07) is 8.06. The van der Waals surface area contributed by atoms with Gasteiger partial charge in [-0.05, 0) is 57.0 Å². The van der Waals surface area contributed by atoms with E-state index in [2.05, 4.69) is 24.1 Å². The van der Waals surface area contributed by atoms with Crippen molar-refractivity contribution in [3.63, 3.8) is 0 Å². The Labute approximate surface area is 109 Å². The van der Waals surface area contributed by atoms with Gasteiger partial charge in [-0.1, -0.05) is 23.7 Å². The Morgan fingerprint density at radius 1 is 1.06 bits per heavy atom. The summed E-state index contributed by atoms with van der Waals surface area (Å²) < 4.78 is 0. The SMILES string of the molecule is CN(CCCCCO)CCc1ccc(Cl)cc1. The number of nitrogens with zero attached hydrogens (tertiary/aromatic N) is 1. The number of aliphatic hydroxyl groups excluding tert-OH is 1. The summed E-state index contributed by atoms with van der Waals surface area (Å²) in [4.78, 5) is 2.34.